The summed E-state index contributed by atoms with van der Waals surface area (Å²) in [6, 6.07) is 14.1. The largest absolute Gasteiger partial charge is 0.496 e. The number of carbonyl (C=O) groups excluding carboxylic acids is 2. The zero-order chi connectivity index (χ0) is 17.8. The molecule has 1 aliphatic rings. The smallest absolute Gasteiger partial charge is 0.254 e. The number of piperazine rings is 1. The van der Waals surface area contributed by atoms with E-state index in [1.807, 2.05) is 29.2 Å². The topological polar surface area (TPSA) is 84.7 Å². The lowest BCUT2D eigenvalue weighted by atomic mass is 10.0. The maximum atomic E-state index is 13.1. The normalized spacial score (nSPS) is 17.2. The van der Waals surface area contributed by atoms with Crippen LogP contribution in [0.5, 0.6) is 5.75 Å². The van der Waals surface area contributed by atoms with Crippen LogP contribution in [0.4, 0.5) is 0 Å². The number of nitrogens with zero attached hydrogens (tertiary/aromatic N) is 1. The van der Waals surface area contributed by atoms with Crippen LogP contribution < -0.4 is 15.8 Å². The summed E-state index contributed by atoms with van der Waals surface area (Å²) in [4.78, 5) is 26.3. The Hall–Kier alpha value is -2.86. The van der Waals surface area contributed by atoms with Crippen molar-refractivity contribution in [2.24, 2.45) is 5.73 Å². The molecular weight excluding hydrogens is 318 g/mol. The quantitative estimate of drug-likeness (QED) is 0.886. The van der Waals surface area contributed by atoms with E-state index in [2.05, 4.69) is 5.32 Å². The first kappa shape index (κ1) is 17.0. The summed E-state index contributed by atoms with van der Waals surface area (Å²) in [6.07, 6.45) is 0. The highest BCUT2D eigenvalue weighted by molar-refractivity contribution is 5.99. The number of hydrogen-bond donors (Lipinski definition) is 2. The highest BCUT2D eigenvalue weighted by Gasteiger charge is 2.30. The number of rotatable bonds is 4. The minimum atomic E-state index is -0.545. The lowest BCUT2D eigenvalue weighted by molar-refractivity contribution is 0.0631. The van der Waals surface area contributed by atoms with E-state index < -0.39 is 5.91 Å². The minimum absolute atomic E-state index is 0.125. The van der Waals surface area contributed by atoms with Gasteiger partial charge in [-0.25, -0.2) is 0 Å². The molecule has 6 nitrogen and oxygen atoms in total. The van der Waals surface area contributed by atoms with Crippen LogP contribution in [0, 0.1) is 0 Å². The van der Waals surface area contributed by atoms with Gasteiger partial charge in [-0.2, -0.15) is 0 Å². The predicted octanol–water partition coefficient (Wildman–Crippen LogP) is 1.58. The molecule has 0 bridgehead atoms. The van der Waals surface area contributed by atoms with Crippen LogP contribution in [0.15, 0.2) is 48.5 Å². The third-order valence-electron chi connectivity index (χ3n) is 4.40. The van der Waals surface area contributed by atoms with Gasteiger partial charge in [0.2, 0.25) is 5.91 Å². The average Bonchev–Trinajstić information content (AvgIpc) is 2.67. The number of primary amides is 1. The van der Waals surface area contributed by atoms with E-state index in [1.54, 1.807) is 31.4 Å². The van der Waals surface area contributed by atoms with Crippen LogP contribution >= 0.6 is 0 Å². The van der Waals surface area contributed by atoms with Gasteiger partial charge in [0, 0.05) is 36.3 Å². The van der Waals surface area contributed by atoms with Crippen molar-refractivity contribution >= 4 is 11.8 Å². The van der Waals surface area contributed by atoms with Gasteiger partial charge in [0.25, 0.3) is 5.91 Å². The summed E-state index contributed by atoms with van der Waals surface area (Å²) in [5.74, 6) is 0.0802. The van der Waals surface area contributed by atoms with Crippen molar-refractivity contribution in [3.05, 3.63) is 65.2 Å². The first-order chi connectivity index (χ1) is 12.1. The van der Waals surface area contributed by atoms with E-state index in [1.165, 1.54) is 0 Å². The van der Waals surface area contributed by atoms with Crippen LogP contribution in [-0.2, 0) is 0 Å². The van der Waals surface area contributed by atoms with Crippen molar-refractivity contribution in [3.8, 4) is 5.75 Å². The average molecular weight is 339 g/mol. The van der Waals surface area contributed by atoms with Gasteiger partial charge in [-0.15, -0.1) is 0 Å². The predicted molar refractivity (Wildman–Crippen MR) is 94.6 cm³/mol. The molecular formula is C19H21N3O3. The molecule has 1 fully saturated rings. The van der Waals surface area contributed by atoms with Crippen molar-refractivity contribution < 1.29 is 14.3 Å². The Kier molecular flexibility index (Phi) is 5.00. The summed E-state index contributed by atoms with van der Waals surface area (Å²) in [5, 5.41) is 3.33. The Labute approximate surface area is 146 Å². The van der Waals surface area contributed by atoms with Gasteiger partial charge in [0.15, 0.2) is 0 Å². The zero-order valence-electron chi connectivity index (χ0n) is 14.1. The summed E-state index contributed by atoms with van der Waals surface area (Å²) in [7, 11) is 1.62. The Morgan fingerprint density at radius 3 is 2.68 bits per heavy atom. The minimum Gasteiger partial charge on any atom is -0.496 e. The van der Waals surface area contributed by atoms with Crippen LogP contribution in [0.2, 0.25) is 0 Å². The molecule has 3 rings (SSSR count). The van der Waals surface area contributed by atoms with Gasteiger partial charge >= 0.3 is 0 Å². The number of hydrogen-bond acceptors (Lipinski definition) is 4. The molecule has 0 radical (unpaired) electrons. The van der Waals surface area contributed by atoms with E-state index in [4.69, 9.17) is 10.5 Å². The van der Waals surface area contributed by atoms with Crippen LogP contribution in [-0.4, -0.2) is 43.5 Å². The second kappa shape index (κ2) is 7.36. The number of amides is 2. The molecule has 1 heterocycles. The molecule has 3 N–H and O–H groups in total. The summed E-state index contributed by atoms with van der Waals surface area (Å²) in [6.45, 7) is 1.93. The van der Waals surface area contributed by atoms with Crippen molar-refractivity contribution in [2.75, 3.05) is 26.7 Å². The second-order valence-electron chi connectivity index (χ2n) is 5.91. The van der Waals surface area contributed by atoms with Gasteiger partial charge in [-0.1, -0.05) is 24.3 Å². The van der Waals surface area contributed by atoms with E-state index >= 15 is 0 Å². The van der Waals surface area contributed by atoms with E-state index in [0.717, 1.165) is 11.3 Å². The highest BCUT2D eigenvalue weighted by Crippen LogP contribution is 2.31. The monoisotopic (exact) mass is 339 g/mol. The fourth-order valence-electron chi connectivity index (χ4n) is 3.14. The molecule has 130 valence electrons. The number of nitrogens with one attached hydrogen (secondary N) is 1. The number of carbonyl (C=O) groups is 2. The molecule has 2 amide bonds. The van der Waals surface area contributed by atoms with Crippen LogP contribution in [0.25, 0.3) is 0 Å². The summed E-state index contributed by atoms with van der Waals surface area (Å²) in [5.41, 5.74) is 7.07. The second-order valence-corrected chi connectivity index (χ2v) is 5.91. The van der Waals surface area contributed by atoms with Crippen LogP contribution in [0.1, 0.15) is 32.3 Å². The van der Waals surface area contributed by atoms with Crippen LogP contribution in [0.3, 0.4) is 0 Å². The van der Waals surface area contributed by atoms with Gasteiger partial charge in [0.05, 0.1) is 13.2 Å². The van der Waals surface area contributed by atoms with Crippen molar-refractivity contribution in [1.82, 2.24) is 10.2 Å². The number of nitrogens with two attached hydrogens (primary N) is 1. The van der Waals surface area contributed by atoms with Gasteiger partial charge in [-0.3, -0.25) is 9.59 Å². The molecule has 0 aromatic heterocycles. The first-order valence-corrected chi connectivity index (χ1v) is 8.16. The number of methoxy groups -OCH3 is 1. The SMILES string of the molecule is COc1ccccc1C1CNCCN1C(=O)c1cccc(C(N)=O)c1. The molecule has 0 spiro atoms. The molecule has 2 aromatic rings. The molecule has 0 saturated carbocycles. The van der Waals surface area contributed by atoms with Crippen molar-refractivity contribution in [1.29, 1.82) is 0 Å². The molecule has 0 aliphatic carbocycles. The Balaban J connectivity index is 1.94. The Bertz CT molecular complexity index is 791. The van der Waals surface area contributed by atoms with Crippen molar-refractivity contribution in [3.63, 3.8) is 0 Å². The van der Waals surface area contributed by atoms with Crippen molar-refractivity contribution in [2.45, 2.75) is 6.04 Å². The van der Waals surface area contributed by atoms with Gasteiger partial charge in [0.1, 0.15) is 5.75 Å². The molecule has 1 saturated heterocycles. The fraction of sp³-hybridized carbons (Fsp3) is 0.263. The van der Waals surface area contributed by atoms with Gasteiger partial charge in [-0.05, 0) is 24.3 Å². The molecule has 2 aromatic carbocycles. The first-order valence-electron chi connectivity index (χ1n) is 8.16. The lowest BCUT2D eigenvalue weighted by Gasteiger charge is -2.37. The summed E-state index contributed by atoms with van der Waals surface area (Å²) < 4.78 is 5.46. The lowest BCUT2D eigenvalue weighted by Crippen LogP contribution is -2.48. The molecule has 1 aliphatic heterocycles. The molecule has 1 unspecified atom stereocenters. The molecule has 25 heavy (non-hydrogen) atoms. The zero-order valence-corrected chi connectivity index (χ0v) is 14.1. The van der Waals surface area contributed by atoms with E-state index in [-0.39, 0.29) is 11.9 Å². The Morgan fingerprint density at radius 1 is 1.16 bits per heavy atom. The molecule has 1 atom stereocenters. The summed E-state index contributed by atoms with van der Waals surface area (Å²) >= 11 is 0. The Morgan fingerprint density at radius 2 is 1.92 bits per heavy atom. The number of ether oxygens (including phenoxy) is 1. The third-order valence-corrected chi connectivity index (χ3v) is 4.40. The molecule has 6 heteroatoms. The maximum Gasteiger partial charge on any atom is 0.254 e. The number of para-hydroxylation sites is 1. The third kappa shape index (κ3) is 3.49. The maximum absolute atomic E-state index is 13.1. The number of benzene rings is 2. The van der Waals surface area contributed by atoms with Gasteiger partial charge < -0.3 is 20.7 Å². The standard InChI is InChI=1S/C19H21N3O3/c1-25-17-8-3-2-7-15(17)16-12-21-9-10-22(16)19(24)14-6-4-5-13(11-14)18(20)23/h2-8,11,16,21H,9-10,12H2,1H3,(H2,20,23). The van der Waals surface area contributed by atoms with E-state index in [0.29, 0.717) is 30.8 Å². The fourth-order valence-corrected chi connectivity index (χ4v) is 3.14. The highest BCUT2D eigenvalue weighted by atomic mass is 16.5. The van der Waals surface area contributed by atoms with E-state index in [9.17, 15) is 9.59 Å².